The Morgan fingerprint density at radius 2 is 1.86 bits per heavy atom. The summed E-state index contributed by atoms with van der Waals surface area (Å²) in [6.45, 7) is -0.220. The van der Waals surface area contributed by atoms with Crippen LogP contribution in [0.4, 0.5) is 4.79 Å². The summed E-state index contributed by atoms with van der Waals surface area (Å²) in [5.41, 5.74) is 0.771. The van der Waals surface area contributed by atoms with Crippen LogP contribution in [0.3, 0.4) is 0 Å². The fourth-order valence-corrected chi connectivity index (χ4v) is 3.17. The molecule has 0 radical (unpaired) electrons. The second kappa shape index (κ2) is 10.4. The molecule has 0 unspecified atom stereocenters. The van der Waals surface area contributed by atoms with Gasteiger partial charge in [0.2, 0.25) is 15.9 Å². The van der Waals surface area contributed by atoms with E-state index in [0.717, 1.165) is 11.8 Å². The molecule has 11 heteroatoms. The summed E-state index contributed by atoms with van der Waals surface area (Å²) in [4.78, 5) is 27.3. The Bertz CT molecular complexity index is 929. The normalized spacial score (nSPS) is 10.8. The number of sulfonamides is 1. The zero-order chi connectivity index (χ0) is 21.3. The summed E-state index contributed by atoms with van der Waals surface area (Å²) in [5.74, 6) is -0.538. The van der Waals surface area contributed by atoms with Gasteiger partial charge in [-0.2, -0.15) is 0 Å². The number of carbonyl (C=O) groups excluding carboxylic acids is 2. The van der Waals surface area contributed by atoms with E-state index in [1.54, 1.807) is 24.3 Å². The summed E-state index contributed by atoms with van der Waals surface area (Å²) in [5, 5.41) is 10.9. The van der Waals surface area contributed by atoms with Gasteiger partial charge in [0.05, 0.1) is 25.0 Å². The molecule has 1 aromatic carbocycles. The van der Waals surface area contributed by atoms with Crippen molar-refractivity contribution < 1.29 is 32.6 Å². The topological polar surface area (TPSA) is 144 Å². The molecule has 1 aromatic heterocycles. The van der Waals surface area contributed by atoms with E-state index in [1.807, 2.05) is 4.72 Å². The van der Waals surface area contributed by atoms with Crippen LogP contribution in [0.1, 0.15) is 15.9 Å². The number of pyridine rings is 1. The third kappa shape index (κ3) is 7.39. The van der Waals surface area contributed by atoms with Crippen molar-refractivity contribution in [3.63, 3.8) is 0 Å². The van der Waals surface area contributed by atoms with Gasteiger partial charge in [0.15, 0.2) is 0 Å². The third-order valence-electron chi connectivity index (χ3n) is 3.64. The molecule has 10 nitrogen and oxygen atoms in total. The van der Waals surface area contributed by atoms with Crippen molar-refractivity contribution in [2.75, 3.05) is 26.0 Å². The van der Waals surface area contributed by atoms with Crippen molar-refractivity contribution in [2.45, 2.75) is 6.42 Å². The highest BCUT2D eigenvalue weighted by molar-refractivity contribution is 7.90. The number of ether oxygens (including phenoxy) is 2. The van der Waals surface area contributed by atoms with Crippen LogP contribution >= 0.6 is 0 Å². The minimum atomic E-state index is -3.86. The maximum atomic E-state index is 12.1. The number of aryl methyl sites for hydroxylation is 1. The van der Waals surface area contributed by atoms with E-state index in [2.05, 4.69) is 10.3 Å². The fourth-order valence-electron chi connectivity index (χ4n) is 2.16. The molecule has 156 valence electrons. The lowest BCUT2D eigenvalue weighted by atomic mass is 10.2. The van der Waals surface area contributed by atoms with Crippen LogP contribution in [0.15, 0.2) is 42.6 Å². The molecule has 2 aromatic rings. The molecule has 1 heterocycles. The summed E-state index contributed by atoms with van der Waals surface area (Å²) in [6, 6.07) is 9.46. The van der Waals surface area contributed by atoms with Gasteiger partial charge in [-0.25, -0.2) is 22.9 Å². The van der Waals surface area contributed by atoms with Gasteiger partial charge in [0.25, 0.3) is 5.91 Å². The number of benzene rings is 1. The van der Waals surface area contributed by atoms with E-state index in [0.29, 0.717) is 5.75 Å². The maximum absolute atomic E-state index is 12.1. The molecule has 0 saturated heterocycles. The number of nitrogens with zero attached hydrogens (tertiary/aromatic N) is 1. The lowest BCUT2D eigenvalue weighted by Gasteiger charge is -2.08. The summed E-state index contributed by atoms with van der Waals surface area (Å²) in [6.07, 6.45) is 0.494. The summed E-state index contributed by atoms with van der Waals surface area (Å²) < 4.78 is 36.1. The number of hydrogen-bond acceptors (Lipinski definition) is 8. The molecule has 0 aliphatic heterocycles. The van der Waals surface area contributed by atoms with E-state index in [9.17, 15) is 18.0 Å². The van der Waals surface area contributed by atoms with Crippen molar-refractivity contribution >= 4 is 22.0 Å². The zero-order valence-electron chi connectivity index (χ0n) is 15.6. The average Bonchev–Trinajstić information content (AvgIpc) is 2.71. The van der Waals surface area contributed by atoms with Crippen molar-refractivity contribution in [3.8, 4) is 11.6 Å². The number of methoxy groups -OCH3 is 1. The van der Waals surface area contributed by atoms with E-state index in [1.165, 1.54) is 19.2 Å². The standard InChI is InChI=1S/C18H21N3O7S/c1-27-15-5-2-13(3-6-15)8-11-29(25,26)21-17(23)14-4-7-16(20-12-14)28-18(24)19-9-10-22/h2-7,12,22H,8-11H2,1H3,(H,19,24)(H,21,23). The van der Waals surface area contributed by atoms with Crippen LogP contribution in [0, 0.1) is 0 Å². The highest BCUT2D eigenvalue weighted by Crippen LogP contribution is 2.12. The smallest absolute Gasteiger partial charge is 0.414 e. The number of nitrogens with one attached hydrogen (secondary N) is 2. The minimum Gasteiger partial charge on any atom is -0.497 e. The monoisotopic (exact) mass is 423 g/mol. The number of amides is 2. The molecular formula is C18H21N3O7S. The van der Waals surface area contributed by atoms with Gasteiger partial charge in [-0.05, 0) is 30.2 Å². The van der Waals surface area contributed by atoms with Gasteiger partial charge in [0.1, 0.15) is 5.75 Å². The maximum Gasteiger partial charge on any atom is 0.414 e. The minimum absolute atomic E-state index is 0.0128. The first kappa shape index (κ1) is 22.1. The predicted octanol–water partition coefficient (Wildman–Crippen LogP) is 0.473. The molecule has 2 rings (SSSR count). The lowest BCUT2D eigenvalue weighted by Crippen LogP contribution is -2.33. The molecule has 0 bridgehead atoms. The molecule has 0 aliphatic rings. The second-order valence-corrected chi connectivity index (χ2v) is 7.62. The van der Waals surface area contributed by atoms with Gasteiger partial charge >= 0.3 is 6.09 Å². The summed E-state index contributed by atoms with van der Waals surface area (Å²) >= 11 is 0. The number of aliphatic hydroxyl groups excluding tert-OH is 1. The zero-order valence-corrected chi connectivity index (χ0v) is 16.4. The van der Waals surface area contributed by atoms with Crippen molar-refractivity contribution in [1.82, 2.24) is 15.0 Å². The highest BCUT2D eigenvalue weighted by Gasteiger charge is 2.17. The third-order valence-corrected chi connectivity index (χ3v) is 4.88. The van der Waals surface area contributed by atoms with Crippen LogP contribution in [-0.4, -0.2) is 56.5 Å². The number of aromatic nitrogens is 1. The van der Waals surface area contributed by atoms with Crippen molar-refractivity contribution in [2.24, 2.45) is 0 Å². The Hall–Kier alpha value is -3.18. The first-order valence-electron chi connectivity index (χ1n) is 8.53. The lowest BCUT2D eigenvalue weighted by molar-refractivity contribution is 0.0981. The fraction of sp³-hybridized carbons (Fsp3) is 0.278. The van der Waals surface area contributed by atoms with Crippen LogP contribution in [-0.2, 0) is 16.4 Å². The first-order chi connectivity index (χ1) is 13.8. The first-order valence-corrected chi connectivity index (χ1v) is 10.2. The Morgan fingerprint density at radius 1 is 1.14 bits per heavy atom. The molecular weight excluding hydrogens is 402 g/mol. The molecule has 2 amide bonds. The van der Waals surface area contributed by atoms with Crippen LogP contribution in [0.2, 0.25) is 0 Å². The quantitative estimate of drug-likeness (QED) is 0.528. The molecule has 3 N–H and O–H groups in total. The summed E-state index contributed by atoms with van der Waals surface area (Å²) in [7, 11) is -2.32. The molecule has 0 aliphatic carbocycles. The molecule has 0 spiro atoms. The molecule has 29 heavy (non-hydrogen) atoms. The van der Waals surface area contributed by atoms with Crippen molar-refractivity contribution in [1.29, 1.82) is 0 Å². The van der Waals surface area contributed by atoms with Crippen LogP contribution in [0.5, 0.6) is 11.6 Å². The molecule has 0 atom stereocenters. The Labute approximate surface area is 167 Å². The van der Waals surface area contributed by atoms with Crippen molar-refractivity contribution in [3.05, 3.63) is 53.7 Å². The Balaban J connectivity index is 1.89. The van der Waals surface area contributed by atoms with E-state index >= 15 is 0 Å². The van der Waals surface area contributed by atoms with Crippen LogP contribution < -0.4 is 19.5 Å². The van der Waals surface area contributed by atoms with Gasteiger partial charge in [-0.3, -0.25) is 4.79 Å². The number of rotatable bonds is 9. The average molecular weight is 423 g/mol. The van der Waals surface area contributed by atoms with Gasteiger partial charge < -0.3 is 19.9 Å². The van der Waals surface area contributed by atoms with E-state index < -0.39 is 22.0 Å². The number of carbonyl (C=O) groups is 2. The largest absolute Gasteiger partial charge is 0.497 e. The number of hydrogen-bond donors (Lipinski definition) is 3. The van der Waals surface area contributed by atoms with Gasteiger partial charge in [-0.15, -0.1) is 0 Å². The van der Waals surface area contributed by atoms with E-state index in [4.69, 9.17) is 14.6 Å². The SMILES string of the molecule is COc1ccc(CCS(=O)(=O)NC(=O)c2ccc(OC(=O)NCCO)nc2)cc1. The molecule has 0 saturated carbocycles. The second-order valence-electron chi connectivity index (χ2n) is 5.77. The predicted molar refractivity (Wildman–Crippen MR) is 103 cm³/mol. The van der Waals surface area contributed by atoms with E-state index in [-0.39, 0.29) is 36.8 Å². The van der Waals surface area contributed by atoms with Gasteiger partial charge in [0, 0.05) is 18.8 Å². The van der Waals surface area contributed by atoms with Crippen LogP contribution in [0.25, 0.3) is 0 Å². The number of aliphatic hydroxyl groups is 1. The molecule has 0 fully saturated rings. The highest BCUT2D eigenvalue weighted by atomic mass is 32.2. The Morgan fingerprint density at radius 3 is 2.45 bits per heavy atom. The van der Waals surface area contributed by atoms with Gasteiger partial charge in [-0.1, -0.05) is 12.1 Å². The Kier molecular flexibility index (Phi) is 7.92.